The van der Waals surface area contributed by atoms with Crippen LogP contribution in [0.15, 0.2) is 223 Å². The van der Waals surface area contributed by atoms with Crippen molar-refractivity contribution in [3.05, 3.63) is 224 Å². The Morgan fingerprint density at radius 3 is 1.20 bits per heavy atom. The fourth-order valence-corrected chi connectivity index (χ4v) is 13.9. The van der Waals surface area contributed by atoms with E-state index in [0.29, 0.717) is 13.2 Å². The predicted molar refractivity (Wildman–Crippen MR) is 349 cm³/mol. The number of rotatable bonds is 19. The van der Waals surface area contributed by atoms with Crippen LogP contribution in [0.25, 0.3) is 86.9 Å². The third kappa shape index (κ3) is 8.99. The van der Waals surface area contributed by atoms with Crippen LogP contribution in [0.5, 0.6) is 11.5 Å². The first kappa shape index (κ1) is 51.3. The molecular formula is C74H64N2O2S2. The standard InChI is InChI=1S/C74H64N2O2S2/c1-5-9-47-80-57-41-35-54(36-42-57)76(53-33-39-56(40-34-53)78-8-4)65-46-44-63-70-59(65)24-17-26-61(70)72-67(49-19-12-10-13-20-49)71-60-25-16-23-58-64(45-43-62(69(58)60)73(71)68(74(63)72)50-21-14-11-15-22-50)75(52-31-37-55(38-32-52)77-7-3)51-29-27-48(28-30-51)66(79)18-6-2/h10-17,19-46,66,79H,5-9,18,47H2,1-4H3. The molecule has 1 atom stereocenters. The van der Waals surface area contributed by atoms with Crippen LogP contribution in [-0.2, 0) is 0 Å². The summed E-state index contributed by atoms with van der Waals surface area (Å²) in [5.74, 6) is 2.84. The van der Waals surface area contributed by atoms with Gasteiger partial charge in [-0.3, -0.25) is 0 Å². The Morgan fingerprint density at radius 1 is 0.388 bits per heavy atom. The molecule has 0 saturated carbocycles. The van der Waals surface area contributed by atoms with E-state index in [4.69, 9.17) is 22.1 Å². The zero-order valence-electron chi connectivity index (χ0n) is 45.9. The molecule has 80 heavy (non-hydrogen) atoms. The number of fused-ring (bicyclic) bond motifs is 6. The summed E-state index contributed by atoms with van der Waals surface area (Å²) in [5, 5.41) is 15.2. The molecule has 0 N–H and O–H groups in total. The number of ether oxygens (including phenoxy) is 2. The van der Waals surface area contributed by atoms with E-state index in [1.54, 1.807) is 0 Å². The zero-order valence-corrected chi connectivity index (χ0v) is 47.6. The molecule has 0 radical (unpaired) electrons. The van der Waals surface area contributed by atoms with Crippen molar-refractivity contribution in [2.75, 3.05) is 28.8 Å². The maximum Gasteiger partial charge on any atom is 0.119 e. The Labute approximate surface area is 479 Å². The van der Waals surface area contributed by atoms with Gasteiger partial charge in [-0.15, -0.1) is 11.8 Å². The van der Waals surface area contributed by atoms with E-state index in [9.17, 15) is 0 Å². The van der Waals surface area contributed by atoms with Crippen LogP contribution in [0.4, 0.5) is 34.1 Å². The fourth-order valence-electron chi connectivity index (χ4n) is 12.5. The van der Waals surface area contributed by atoms with Crippen molar-refractivity contribution in [2.24, 2.45) is 0 Å². The van der Waals surface area contributed by atoms with E-state index in [1.165, 1.54) is 110 Å². The van der Waals surface area contributed by atoms with Gasteiger partial charge in [-0.05, 0) is 211 Å². The summed E-state index contributed by atoms with van der Waals surface area (Å²) in [6.07, 6.45) is 4.50. The van der Waals surface area contributed by atoms with Crippen LogP contribution in [0, 0.1) is 0 Å². The summed E-state index contributed by atoms with van der Waals surface area (Å²) in [7, 11) is 0. The summed E-state index contributed by atoms with van der Waals surface area (Å²) < 4.78 is 12.0. The number of thioether (sulfide) groups is 1. The van der Waals surface area contributed by atoms with Crippen molar-refractivity contribution in [3.63, 3.8) is 0 Å². The van der Waals surface area contributed by atoms with Crippen molar-refractivity contribution < 1.29 is 9.47 Å². The number of hydrogen-bond donors (Lipinski definition) is 1. The summed E-state index contributed by atoms with van der Waals surface area (Å²) in [4.78, 5) is 6.14. The first-order chi connectivity index (χ1) is 39.5. The highest BCUT2D eigenvalue weighted by molar-refractivity contribution is 7.99. The van der Waals surface area contributed by atoms with E-state index < -0.39 is 0 Å². The van der Waals surface area contributed by atoms with Crippen LogP contribution in [-0.4, -0.2) is 19.0 Å². The Balaban J connectivity index is 1.10. The van der Waals surface area contributed by atoms with Gasteiger partial charge in [-0.1, -0.05) is 148 Å². The summed E-state index contributed by atoms with van der Waals surface area (Å²) in [5.41, 5.74) is 12.7. The molecule has 4 nitrogen and oxygen atoms in total. The van der Waals surface area contributed by atoms with Gasteiger partial charge >= 0.3 is 0 Å². The van der Waals surface area contributed by atoms with Crippen LogP contribution in [0.3, 0.4) is 0 Å². The zero-order chi connectivity index (χ0) is 54.3. The Kier molecular flexibility index (Phi) is 14.2. The number of hydrogen-bond acceptors (Lipinski definition) is 6. The first-order valence-corrected chi connectivity index (χ1v) is 30.0. The van der Waals surface area contributed by atoms with Gasteiger partial charge in [0, 0.05) is 43.7 Å². The molecule has 0 bridgehead atoms. The normalized spacial score (nSPS) is 12.2. The van der Waals surface area contributed by atoms with Gasteiger partial charge in [0.2, 0.25) is 0 Å². The van der Waals surface area contributed by atoms with Crippen LogP contribution < -0.4 is 19.3 Å². The fraction of sp³-hybridized carbons (Fsp3) is 0.162. The summed E-state index contributed by atoms with van der Waals surface area (Å²) in [6, 6.07) is 81.1. The maximum atomic E-state index is 5.98. The van der Waals surface area contributed by atoms with Gasteiger partial charge < -0.3 is 19.3 Å². The molecule has 13 rings (SSSR count). The second-order valence-electron chi connectivity index (χ2n) is 20.8. The van der Waals surface area contributed by atoms with E-state index in [0.717, 1.165) is 64.2 Å². The van der Waals surface area contributed by atoms with Crippen LogP contribution in [0.1, 0.15) is 64.2 Å². The third-order valence-corrected chi connectivity index (χ3v) is 17.6. The topological polar surface area (TPSA) is 24.9 Å². The molecule has 13 aromatic carbocycles. The third-order valence-electron chi connectivity index (χ3n) is 16.0. The van der Waals surface area contributed by atoms with Gasteiger partial charge in [-0.2, -0.15) is 12.6 Å². The van der Waals surface area contributed by atoms with Gasteiger partial charge in [0.1, 0.15) is 11.5 Å². The summed E-state index contributed by atoms with van der Waals surface area (Å²) >= 11 is 6.94. The summed E-state index contributed by atoms with van der Waals surface area (Å²) in [6.45, 7) is 9.78. The van der Waals surface area contributed by atoms with Crippen molar-refractivity contribution in [2.45, 2.75) is 63.5 Å². The molecule has 0 aliphatic carbocycles. The largest absolute Gasteiger partial charge is 0.494 e. The van der Waals surface area contributed by atoms with Gasteiger partial charge in [-0.25, -0.2) is 0 Å². The molecule has 0 aromatic heterocycles. The minimum absolute atomic E-state index is 0.185. The van der Waals surface area contributed by atoms with Crippen molar-refractivity contribution in [3.8, 4) is 33.8 Å². The average Bonchev–Trinajstić information content (AvgIpc) is 3.91. The SMILES string of the molecule is CCCCSc1ccc(N(c2ccc(OCC)cc2)c2ccc3c4c(-c5ccccc5)c5c6ccc(N(c7ccc(OCC)cc7)c7ccc(C(S)CCC)cc7)c7cccc(c5c(-c5ccccc5)c4c4cccc2c43)c76)cc1. The molecular weight excluding hydrogens is 1010 g/mol. The molecule has 0 aliphatic heterocycles. The highest BCUT2D eigenvalue weighted by Gasteiger charge is 2.30. The molecule has 0 amide bonds. The average molecular weight is 1080 g/mol. The van der Waals surface area contributed by atoms with Gasteiger partial charge in [0.25, 0.3) is 0 Å². The predicted octanol–water partition coefficient (Wildman–Crippen LogP) is 22.2. The monoisotopic (exact) mass is 1080 g/mol. The van der Waals surface area contributed by atoms with Crippen LogP contribution >= 0.6 is 24.4 Å². The molecule has 1 unspecified atom stereocenters. The second kappa shape index (κ2) is 22.2. The minimum Gasteiger partial charge on any atom is -0.494 e. The molecule has 0 heterocycles. The lowest BCUT2D eigenvalue weighted by Gasteiger charge is -2.27. The first-order valence-electron chi connectivity index (χ1n) is 28.5. The quantitative estimate of drug-likeness (QED) is 0.0494. The van der Waals surface area contributed by atoms with Gasteiger partial charge in [0.15, 0.2) is 0 Å². The van der Waals surface area contributed by atoms with Gasteiger partial charge in [0.05, 0.1) is 24.6 Å². The molecule has 0 fully saturated rings. The van der Waals surface area contributed by atoms with Crippen molar-refractivity contribution >= 4 is 123 Å². The smallest absolute Gasteiger partial charge is 0.119 e. The number of nitrogens with zero attached hydrogens (tertiary/aromatic N) is 2. The second-order valence-corrected chi connectivity index (χ2v) is 22.6. The number of anilines is 6. The number of unbranched alkanes of at least 4 members (excludes halogenated alkanes) is 1. The maximum absolute atomic E-state index is 5.98. The van der Waals surface area contributed by atoms with Crippen LogP contribution in [0.2, 0.25) is 0 Å². The molecule has 13 aromatic rings. The van der Waals surface area contributed by atoms with E-state index >= 15 is 0 Å². The Bertz CT molecular complexity index is 4180. The Morgan fingerprint density at radius 2 is 0.787 bits per heavy atom. The Hall–Kier alpha value is -8.16. The van der Waals surface area contributed by atoms with E-state index in [2.05, 4.69) is 242 Å². The van der Waals surface area contributed by atoms with E-state index in [-0.39, 0.29) is 5.25 Å². The molecule has 0 saturated heterocycles. The molecule has 0 spiro atoms. The molecule has 6 heteroatoms. The molecule has 0 aliphatic rings. The van der Waals surface area contributed by atoms with Crippen molar-refractivity contribution in [1.29, 1.82) is 0 Å². The van der Waals surface area contributed by atoms with Crippen molar-refractivity contribution in [1.82, 2.24) is 0 Å². The molecule has 394 valence electrons. The lowest BCUT2D eigenvalue weighted by molar-refractivity contribution is 0.340. The lowest BCUT2D eigenvalue weighted by atomic mass is 9.87. The van der Waals surface area contributed by atoms with E-state index in [1.807, 2.05) is 25.6 Å². The number of benzene rings is 11. The highest BCUT2D eigenvalue weighted by Crippen LogP contribution is 2.58. The number of thiol groups is 1. The minimum atomic E-state index is 0.185. The lowest BCUT2D eigenvalue weighted by Crippen LogP contribution is -2.10. The highest BCUT2D eigenvalue weighted by atomic mass is 32.2.